The molecule has 0 aromatic heterocycles. The summed E-state index contributed by atoms with van der Waals surface area (Å²) >= 11 is 0. The summed E-state index contributed by atoms with van der Waals surface area (Å²) in [6.07, 6.45) is 0. The fraction of sp³-hybridized carbons (Fsp3) is 0.333. The summed E-state index contributed by atoms with van der Waals surface area (Å²) < 4.78 is 15.3. The maximum absolute atomic E-state index is 5.80. The number of hydrogen-bond acceptors (Lipinski definition) is 4. The molecule has 2 N–H and O–H groups in total. The van der Waals surface area contributed by atoms with Gasteiger partial charge in [-0.1, -0.05) is 0 Å². The van der Waals surface area contributed by atoms with E-state index in [1.54, 1.807) is 20.3 Å². The lowest BCUT2D eigenvalue weighted by Crippen LogP contribution is -2.11. The Balaban J connectivity index is 3.40. The van der Waals surface area contributed by atoms with Crippen LogP contribution in [0.1, 0.15) is 0 Å². The molecule has 0 aliphatic rings. The summed E-state index contributed by atoms with van der Waals surface area (Å²) in [6.45, 7) is 0. The highest BCUT2D eigenvalue weighted by molar-refractivity contribution is 6.35. The number of hydrogen-bond donors (Lipinski definition) is 1. The number of nitrogen functional groups attached to an aromatic ring is 1. The molecule has 75 valence electrons. The molecule has 0 heterocycles. The van der Waals surface area contributed by atoms with Gasteiger partial charge in [0, 0.05) is 0 Å². The highest BCUT2D eigenvalue weighted by Crippen LogP contribution is 2.37. The van der Waals surface area contributed by atoms with Gasteiger partial charge >= 0.3 is 0 Å². The van der Waals surface area contributed by atoms with E-state index < -0.39 is 0 Å². The monoisotopic (exact) mass is 210 g/mol. The highest BCUT2D eigenvalue weighted by Gasteiger charge is 2.15. The molecule has 3 radical (unpaired) electrons. The third-order valence-corrected chi connectivity index (χ3v) is 2.24. The van der Waals surface area contributed by atoms with Crippen molar-refractivity contribution in [1.29, 1.82) is 0 Å². The molecular weight excluding hydrogens is 198 g/mol. The van der Waals surface area contributed by atoms with Crippen LogP contribution in [0.5, 0.6) is 17.2 Å². The van der Waals surface area contributed by atoms with E-state index in [9.17, 15) is 0 Å². The van der Waals surface area contributed by atoms with E-state index in [4.69, 9.17) is 19.9 Å². The van der Waals surface area contributed by atoms with Crippen LogP contribution in [-0.2, 0) is 0 Å². The zero-order valence-electron chi connectivity index (χ0n) is 8.38. The van der Waals surface area contributed by atoms with Gasteiger partial charge in [0.25, 0.3) is 0 Å². The first-order chi connectivity index (χ1) is 6.65. The Labute approximate surface area is 86.4 Å². The Hall–Kier alpha value is -1.36. The molecule has 0 bridgehead atoms. The van der Waals surface area contributed by atoms with Crippen molar-refractivity contribution in [2.75, 3.05) is 27.1 Å². The first-order valence-electron chi connectivity index (χ1n) is 3.95. The first-order valence-corrected chi connectivity index (χ1v) is 4.45. The summed E-state index contributed by atoms with van der Waals surface area (Å²) in [5, 5.41) is 0.732. The summed E-state index contributed by atoms with van der Waals surface area (Å²) in [6, 6.07) is 1.73. The standard InChI is InChI=1S/C9H12NO3Si/c1-11-5-4-6(14)8(12-2)9(13-3)7(5)10/h4H,10H2,1-3H3. The van der Waals surface area contributed by atoms with Gasteiger partial charge in [0.05, 0.1) is 31.6 Å². The van der Waals surface area contributed by atoms with Crippen molar-refractivity contribution in [1.82, 2.24) is 0 Å². The first kappa shape index (κ1) is 10.7. The fourth-order valence-corrected chi connectivity index (χ4v) is 1.55. The van der Waals surface area contributed by atoms with Crippen LogP contribution < -0.4 is 25.1 Å². The van der Waals surface area contributed by atoms with Crippen LogP contribution in [0.3, 0.4) is 0 Å². The fourth-order valence-electron chi connectivity index (χ4n) is 1.21. The van der Waals surface area contributed by atoms with Gasteiger partial charge in [-0.15, -0.1) is 0 Å². The summed E-state index contributed by atoms with van der Waals surface area (Å²) in [4.78, 5) is 0. The average Bonchev–Trinajstić information content (AvgIpc) is 2.20. The number of benzene rings is 1. The van der Waals surface area contributed by atoms with E-state index in [1.165, 1.54) is 7.11 Å². The topological polar surface area (TPSA) is 53.7 Å². The van der Waals surface area contributed by atoms with E-state index in [0.717, 1.165) is 5.19 Å². The Morgan fingerprint density at radius 2 is 1.64 bits per heavy atom. The minimum absolute atomic E-state index is 0.425. The average molecular weight is 210 g/mol. The maximum Gasteiger partial charge on any atom is 0.187 e. The normalized spacial score (nSPS) is 9.71. The number of nitrogens with two attached hydrogens (primary N) is 1. The largest absolute Gasteiger partial charge is 0.494 e. The Kier molecular flexibility index (Phi) is 3.24. The van der Waals surface area contributed by atoms with Gasteiger partial charge < -0.3 is 19.9 Å². The second-order valence-electron chi connectivity index (χ2n) is 2.61. The zero-order chi connectivity index (χ0) is 10.7. The number of methoxy groups -OCH3 is 3. The molecule has 0 amide bonds. The van der Waals surface area contributed by atoms with E-state index in [2.05, 4.69) is 10.2 Å². The van der Waals surface area contributed by atoms with Crippen LogP contribution in [0.15, 0.2) is 6.07 Å². The van der Waals surface area contributed by atoms with Crippen LogP contribution in [0.2, 0.25) is 0 Å². The molecule has 1 aromatic carbocycles. The molecule has 0 atom stereocenters. The van der Waals surface area contributed by atoms with Gasteiger partial charge in [0.2, 0.25) is 0 Å². The molecule has 1 aromatic rings. The number of rotatable bonds is 3. The van der Waals surface area contributed by atoms with Crippen molar-refractivity contribution in [2.45, 2.75) is 0 Å². The van der Waals surface area contributed by atoms with Crippen LogP contribution >= 0.6 is 0 Å². The van der Waals surface area contributed by atoms with Gasteiger partial charge in [-0.3, -0.25) is 0 Å². The van der Waals surface area contributed by atoms with Crippen molar-refractivity contribution in [2.24, 2.45) is 0 Å². The SMILES string of the molecule is COc1cc([Si])c(OC)c(OC)c1N. The van der Waals surface area contributed by atoms with Gasteiger partial charge in [0.15, 0.2) is 11.5 Å². The third kappa shape index (κ3) is 1.63. The minimum Gasteiger partial charge on any atom is -0.494 e. The summed E-state index contributed by atoms with van der Waals surface area (Å²) in [5.41, 5.74) is 6.22. The molecule has 4 nitrogen and oxygen atoms in total. The van der Waals surface area contributed by atoms with Crippen molar-refractivity contribution < 1.29 is 14.2 Å². The quantitative estimate of drug-likeness (QED) is 0.567. The molecule has 0 unspecified atom stereocenters. The lowest BCUT2D eigenvalue weighted by Gasteiger charge is -2.15. The van der Waals surface area contributed by atoms with E-state index in [0.29, 0.717) is 22.9 Å². The van der Waals surface area contributed by atoms with Gasteiger partial charge in [0.1, 0.15) is 11.4 Å². The Bertz CT molecular complexity index is 341. The van der Waals surface area contributed by atoms with Crippen LogP contribution in [0, 0.1) is 0 Å². The van der Waals surface area contributed by atoms with E-state index >= 15 is 0 Å². The predicted molar refractivity (Wildman–Crippen MR) is 55.9 cm³/mol. The molecule has 0 aliphatic heterocycles. The van der Waals surface area contributed by atoms with Crippen molar-refractivity contribution in [3.8, 4) is 17.2 Å². The summed E-state index contributed by atoms with van der Waals surface area (Å²) in [7, 11) is 8.01. The second kappa shape index (κ2) is 4.23. The Morgan fingerprint density at radius 1 is 1.07 bits per heavy atom. The lowest BCUT2D eigenvalue weighted by atomic mass is 10.2. The Morgan fingerprint density at radius 3 is 2.07 bits per heavy atom. The van der Waals surface area contributed by atoms with Crippen molar-refractivity contribution in [3.63, 3.8) is 0 Å². The van der Waals surface area contributed by atoms with E-state index in [-0.39, 0.29) is 0 Å². The minimum atomic E-state index is 0.425. The third-order valence-electron chi connectivity index (χ3n) is 1.86. The van der Waals surface area contributed by atoms with Gasteiger partial charge in [-0.05, 0) is 11.3 Å². The molecule has 1 rings (SSSR count). The lowest BCUT2D eigenvalue weighted by molar-refractivity contribution is 0.354. The van der Waals surface area contributed by atoms with Crippen LogP contribution in [0.4, 0.5) is 5.69 Å². The van der Waals surface area contributed by atoms with Gasteiger partial charge in [-0.25, -0.2) is 0 Å². The van der Waals surface area contributed by atoms with Crippen LogP contribution in [-0.4, -0.2) is 31.6 Å². The molecule has 0 fully saturated rings. The van der Waals surface area contributed by atoms with Crippen LogP contribution in [0.25, 0.3) is 0 Å². The maximum atomic E-state index is 5.80. The molecule has 5 heteroatoms. The van der Waals surface area contributed by atoms with Crippen molar-refractivity contribution in [3.05, 3.63) is 6.07 Å². The highest BCUT2D eigenvalue weighted by atomic mass is 28.1. The smallest absolute Gasteiger partial charge is 0.187 e. The molecule has 0 aliphatic carbocycles. The number of anilines is 1. The number of ether oxygens (including phenoxy) is 3. The molecule has 0 spiro atoms. The predicted octanol–water partition coefficient (Wildman–Crippen LogP) is 0.0884. The zero-order valence-corrected chi connectivity index (χ0v) is 9.38. The second-order valence-corrected chi connectivity index (χ2v) is 3.15. The molecule has 14 heavy (non-hydrogen) atoms. The van der Waals surface area contributed by atoms with Crippen molar-refractivity contribution >= 4 is 21.1 Å². The van der Waals surface area contributed by atoms with E-state index in [1.807, 2.05) is 0 Å². The van der Waals surface area contributed by atoms with Gasteiger partial charge in [-0.2, -0.15) is 0 Å². The summed E-state index contributed by atoms with van der Waals surface area (Å²) in [5.74, 6) is 1.58. The molecule has 0 saturated carbocycles. The molecular formula is C9H12NO3Si. The molecule has 0 saturated heterocycles.